The second kappa shape index (κ2) is 5.64. The van der Waals surface area contributed by atoms with Gasteiger partial charge in [-0.25, -0.2) is 0 Å². The van der Waals surface area contributed by atoms with Crippen LogP contribution in [0.3, 0.4) is 0 Å². The zero-order valence-electron chi connectivity index (χ0n) is 13.6. The molecular formula is C20H24N2O. The van der Waals surface area contributed by atoms with Crippen LogP contribution in [0.2, 0.25) is 0 Å². The van der Waals surface area contributed by atoms with Crippen molar-refractivity contribution in [1.29, 1.82) is 0 Å². The molecule has 1 amide bonds. The quantitative estimate of drug-likeness (QED) is 0.912. The molecule has 0 radical (unpaired) electrons. The van der Waals surface area contributed by atoms with Crippen LogP contribution in [0.1, 0.15) is 37.8 Å². The van der Waals surface area contributed by atoms with Gasteiger partial charge >= 0.3 is 0 Å². The molecule has 3 heteroatoms. The number of hydrogen-bond acceptors (Lipinski definition) is 2. The molecule has 2 unspecified atom stereocenters. The Morgan fingerprint density at radius 2 is 1.91 bits per heavy atom. The third-order valence-corrected chi connectivity index (χ3v) is 5.75. The Morgan fingerprint density at radius 1 is 1.17 bits per heavy atom. The molecule has 1 aliphatic heterocycles. The summed E-state index contributed by atoms with van der Waals surface area (Å²) >= 11 is 0. The molecule has 2 atom stereocenters. The first kappa shape index (κ1) is 14.7. The fourth-order valence-corrected chi connectivity index (χ4v) is 4.22. The third-order valence-electron chi connectivity index (χ3n) is 5.75. The molecule has 1 heterocycles. The lowest BCUT2D eigenvalue weighted by atomic mass is 9.91. The largest absolute Gasteiger partial charge is 0.349 e. The molecule has 120 valence electrons. The lowest BCUT2D eigenvalue weighted by Gasteiger charge is -2.24. The highest BCUT2D eigenvalue weighted by molar-refractivity contribution is 5.87. The fraction of sp³-hybridized carbons (Fsp3) is 0.450. The van der Waals surface area contributed by atoms with Crippen LogP contribution in [0.4, 0.5) is 0 Å². The lowest BCUT2D eigenvalue weighted by molar-refractivity contribution is -0.123. The molecule has 23 heavy (non-hydrogen) atoms. The van der Waals surface area contributed by atoms with E-state index in [2.05, 4.69) is 60.0 Å². The van der Waals surface area contributed by atoms with Gasteiger partial charge in [-0.15, -0.1) is 0 Å². The number of carbonyl (C=O) groups excluding carboxylic acids is 1. The summed E-state index contributed by atoms with van der Waals surface area (Å²) in [5.74, 6) is 0.467. The van der Waals surface area contributed by atoms with Crippen LogP contribution < -0.4 is 10.6 Å². The Bertz CT molecular complexity index is 728. The average molecular weight is 308 g/mol. The Morgan fingerprint density at radius 3 is 2.74 bits per heavy atom. The minimum atomic E-state index is 0.0490. The Labute approximate surface area is 137 Å². The van der Waals surface area contributed by atoms with E-state index in [4.69, 9.17) is 0 Å². The molecule has 1 aliphatic carbocycles. The topological polar surface area (TPSA) is 41.1 Å². The monoisotopic (exact) mass is 308 g/mol. The SMILES string of the molecule is CC(NC(=O)C1CC12CCNCC2)c1cccc2ccccc12. The molecule has 1 spiro atoms. The van der Waals surface area contributed by atoms with Crippen molar-refractivity contribution in [2.45, 2.75) is 32.2 Å². The molecule has 2 aromatic carbocycles. The Hall–Kier alpha value is -1.87. The number of carbonyl (C=O) groups is 1. The van der Waals surface area contributed by atoms with Crippen LogP contribution in [-0.2, 0) is 4.79 Å². The van der Waals surface area contributed by atoms with Gasteiger partial charge in [0, 0.05) is 5.92 Å². The van der Waals surface area contributed by atoms with Gasteiger partial charge in [-0.3, -0.25) is 4.79 Å². The summed E-state index contributed by atoms with van der Waals surface area (Å²) in [6.45, 7) is 4.21. The van der Waals surface area contributed by atoms with Crippen LogP contribution in [-0.4, -0.2) is 19.0 Å². The van der Waals surface area contributed by atoms with E-state index in [-0.39, 0.29) is 17.9 Å². The molecule has 4 rings (SSSR count). The van der Waals surface area contributed by atoms with Gasteiger partial charge in [0.2, 0.25) is 5.91 Å². The van der Waals surface area contributed by atoms with Crippen molar-refractivity contribution in [3.63, 3.8) is 0 Å². The third kappa shape index (κ3) is 2.63. The summed E-state index contributed by atoms with van der Waals surface area (Å²) in [7, 11) is 0. The summed E-state index contributed by atoms with van der Waals surface area (Å²) in [5, 5.41) is 9.12. The molecule has 0 aromatic heterocycles. The number of rotatable bonds is 3. The van der Waals surface area contributed by atoms with E-state index in [9.17, 15) is 4.79 Å². The number of amides is 1. The highest BCUT2D eigenvalue weighted by Crippen LogP contribution is 2.58. The second-order valence-corrected chi connectivity index (χ2v) is 7.17. The zero-order valence-corrected chi connectivity index (χ0v) is 13.6. The van der Waals surface area contributed by atoms with Crippen molar-refractivity contribution in [2.24, 2.45) is 11.3 Å². The molecule has 1 saturated carbocycles. The van der Waals surface area contributed by atoms with Gasteiger partial charge in [0.1, 0.15) is 0 Å². The van der Waals surface area contributed by atoms with Gasteiger partial charge < -0.3 is 10.6 Å². The maximum absolute atomic E-state index is 12.7. The van der Waals surface area contributed by atoms with Gasteiger partial charge in [-0.1, -0.05) is 42.5 Å². The number of nitrogens with one attached hydrogen (secondary N) is 2. The van der Waals surface area contributed by atoms with E-state index in [1.807, 2.05) is 0 Å². The summed E-state index contributed by atoms with van der Waals surface area (Å²) in [5.41, 5.74) is 1.50. The Kier molecular flexibility index (Phi) is 3.61. The van der Waals surface area contributed by atoms with Crippen molar-refractivity contribution >= 4 is 16.7 Å². The molecular weight excluding hydrogens is 284 g/mol. The molecule has 0 bridgehead atoms. The molecule has 1 saturated heterocycles. The predicted octanol–water partition coefficient (Wildman–Crippen LogP) is 3.41. The van der Waals surface area contributed by atoms with Crippen LogP contribution in [0.25, 0.3) is 10.8 Å². The van der Waals surface area contributed by atoms with E-state index in [1.54, 1.807) is 0 Å². The zero-order chi connectivity index (χ0) is 15.9. The molecule has 2 N–H and O–H groups in total. The summed E-state index contributed by atoms with van der Waals surface area (Å²) in [4.78, 5) is 12.7. The number of piperidine rings is 1. The van der Waals surface area contributed by atoms with Gasteiger partial charge in [0.05, 0.1) is 6.04 Å². The summed E-state index contributed by atoms with van der Waals surface area (Å²) in [6.07, 6.45) is 3.37. The van der Waals surface area contributed by atoms with Crippen molar-refractivity contribution in [3.8, 4) is 0 Å². The summed E-state index contributed by atoms with van der Waals surface area (Å²) in [6, 6.07) is 14.8. The minimum Gasteiger partial charge on any atom is -0.349 e. The smallest absolute Gasteiger partial charge is 0.224 e. The normalized spacial score (nSPS) is 23.6. The average Bonchev–Trinajstić information content (AvgIpc) is 3.28. The van der Waals surface area contributed by atoms with Crippen LogP contribution in [0, 0.1) is 11.3 Å². The molecule has 3 nitrogen and oxygen atoms in total. The predicted molar refractivity (Wildman–Crippen MR) is 93.1 cm³/mol. The van der Waals surface area contributed by atoms with Crippen LogP contribution in [0.15, 0.2) is 42.5 Å². The standard InChI is InChI=1S/C20H24N2O/c1-14(16-8-4-6-15-5-2-3-7-17(15)16)22-19(23)18-13-20(18)9-11-21-12-10-20/h2-8,14,18,21H,9-13H2,1H3,(H,22,23). The number of hydrogen-bond donors (Lipinski definition) is 2. The summed E-state index contributed by atoms with van der Waals surface area (Å²) < 4.78 is 0. The van der Waals surface area contributed by atoms with E-state index in [0.29, 0.717) is 5.41 Å². The maximum atomic E-state index is 12.7. The van der Waals surface area contributed by atoms with Crippen LogP contribution >= 0.6 is 0 Å². The number of fused-ring (bicyclic) bond motifs is 1. The minimum absolute atomic E-state index is 0.0490. The van der Waals surface area contributed by atoms with Gasteiger partial charge in [0.15, 0.2) is 0 Å². The van der Waals surface area contributed by atoms with Crippen LogP contribution in [0.5, 0.6) is 0 Å². The maximum Gasteiger partial charge on any atom is 0.224 e. The number of benzene rings is 2. The first-order chi connectivity index (χ1) is 11.2. The molecule has 2 fully saturated rings. The Balaban J connectivity index is 1.49. The van der Waals surface area contributed by atoms with E-state index < -0.39 is 0 Å². The van der Waals surface area contributed by atoms with Gasteiger partial charge in [0.25, 0.3) is 0 Å². The highest BCUT2D eigenvalue weighted by atomic mass is 16.2. The first-order valence-electron chi connectivity index (χ1n) is 8.68. The highest BCUT2D eigenvalue weighted by Gasteiger charge is 2.57. The van der Waals surface area contributed by atoms with Crippen molar-refractivity contribution < 1.29 is 4.79 Å². The molecule has 2 aromatic rings. The fourth-order valence-electron chi connectivity index (χ4n) is 4.22. The van der Waals surface area contributed by atoms with Crippen molar-refractivity contribution in [1.82, 2.24) is 10.6 Å². The molecule has 2 aliphatic rings. The lowest BCUT2D eigenvalue weighted by Crippen LogP contribution is -2.34. The van der Waals surface area contributed by atoms with Gasteiger partial charge in [-0.2, -0.15) is 0 Å². The van der Waals surface area contributed by atoms with Gasteiger partial charge in [-0.05, 0) is 61.0 Å². The van der Waals surface area contributed by atoms with E-state index >= 15 is 0 Å². The van der Waals surface area contributed by atoms with Crippen molar-refractivity contribution in [2.75, 3.05) is 13.1 Å². The second-order valence-electron chi connectivity index (χ2n) is 7.17. The van der Waals surface area contributed by atoms with E-state index in [1.165, 1.54) is 16.3 Å². The van der Waals surface area contributed by atoms with E-state index in [0.717, 1.165) is 32.4 Å². The first-order valence-corrected chi connectivity index (χ1v) is 8.68. The van der Waals surface area contributed by atoms with Crippen molar-refractivity contribution in [3.05, 3.63) is 48.0 Å².